The normalized spacial score (nSPS) is 16.7. The van der Waals surface area contributed by atoms with Crippen LogP contribution in [-0.4, -0.2) is 43.0 Å². The number of ether oxygens (including phenoxy) is 2. The van der Waals surface area contributed by atoms with Crippen LogP contribution in [0.3, 0.4) is 0 Å². The molecule has 0 aromatic heterocycles. The van der Waals surface area contributed by atoms with Crippen LogP contribution in [0.15, 0.2) is 48.5 Å². The van der Waals surface area contributed by atoms with E-state index in [9.17, 15) is 15.0 Å². The SMILES string of the molecule is O=C([O-])COc1ccc2c(c1)CCCC(NC[C@H](O)COc1ccccc1)C2.[Na+]. The number of carboxylic acid groups (broad SMARTS) is 1. The Morgan fingerprint density at radius 1 is 1.14 bits per heavy atom. The number of carboxylic acids is 1. The van der Waals surface area contributed by atoms with E-state index >= 15 is 0 Å². The number of fused-ring (bicyclic) bond motifs is 1. The zero-order valence-electron chi connectivity index (χ0n) is 16.8. The molecule has 2 atom stereocenters. The first kappa shape index (κ1) is 23.7. The van der Waals surface area contributed by atoms with Crippen molar-refractivity contribution in [2.24, 2.45) is 0 Å². The third-order valence-corrected chi connectivity index (χ3v) is 4.83. The second kappa shape index (κ2) is 12.2. The van der Waals surface area contributed by atoms with E-state index in [-0.39, 0.29) is 42.2 Å². The van der Waals surface area contributed by atoms with Crippen LogP contribution in [0.1, 0.15) is 24.0 Å². The van der Waals surface area contributed by atoms with Crippen molar-refractivity contribution in [3.63, 3.8) is 0 Å². The number of aliphatic hydroxyl groups excluding tert-OH is 1. The summed E-state index contributed by atoms with van der Waals surface area (Å²) >= 11 is 0. The van der Waals surface area contributed by atoms with Gasteiger partial charge in [0.25, 0.3) is 0 Å². The van der Waals surface area contributed by atoms with E-state index in [0.717, 1.165) is 31.4 Å². The maximum atomic E-state index is 10.5. The number of benzene rings is 2. The Hall–Kier alpha value is -1.57. The molecule has 150 valence electrons. The van der Waals surface area contributed by atoms with Crippen LogP contribution in [0.25, 0.3) is 0 Å². The molecule has 1 aliphatic carbocycles. The monoisotopic (exact) mass is 407 g/mol. The molecule has 1 aliphatic rings. The Labute approximate surface area is 193 Å². The van der Waals surface area contributed by atoms with Gasteiger partial charge in [0.15, 0.2) is 0 Å². The molecular formula is C22H26NNaO5. The predicted octanol–water partition coefficient (Wildman–Crippen LogP) is -1.90. The van der Waals surface area contributed by atoms with E-state index in [2.05, 4.69) is 5.32 Å². The molecule has 1 unspecified atom stereocenters. The molecule has 29 heavy (non-hydrogen) atoms. The maximum absolute atomic E-state index is 10.5. The predicted molar refractivity (Wildman–Crippen MR) is 103 cm³/mol. The Bertz CT molecular complexity index is 771. The molecule has 2 aromatic carbocycles. The summed E-state index contributed by atoms with van der Waals surface area (Å²) in [6.07, 6.45) is 3.24. The zero-order valence-corrected chi connectivity index (χ0v) is 18.8. The first-order valence-electron chi connectivity index (χ1n) is 9.64. The second-order valence-electron chi connectivity index (χ2n) is 7.07. The van der Waals surface area contributed by atoms with Gasteiger partial charge in [-0.3, -0.25) is 0 Å². The Balaban J connectivity index is 0.00000300. The molecule has 3 rings (SSSR count). The molecule has 0 heterocycles. The fourth-order valence-corrected chi connectivity index (χ4v) is 3.42. The van der Waals surface area contributed by atoms with Gasteiger partial charge in [-0.25, -0.2) is 0 Å². The van der Waals surface area contributed by atoms with Crippen LogP contribution in [0.5, 0.6) is 11.5 Å². The van der Waals surface area contributed by atoms with Gasteiger partial charge < -0.3 is 29.8 Å². The zero-order chi connectivity index (χ0) is 19.8. The molecule has 2 N–H and O–H groups in total. The van der Waals surface area contributed by atoms with E-state index in [0.29, 0.717) is 12.3 Å². The maximum Gasteiger partial charge on any atom is 1.00 e. The number of hydrogen-bond acceptors (Lipinski definition) is 6. The quantitative estimate of drug-likeness (QED) is 0.373. The van der Waals surface area contributed by atoms with Crippen LogP contribution in [0.4, 0.5) is 0 Å². The molecule has 6 nitrogen and oxygen atoms in total. The summed E-state index contributed by atoms with van der Waals surface area (Å²) in [6, 6.07) is 15.5. The molecule has 0 saturated heterocycles. The molecule has 0 radical (unpaired) electrons. The van der Waals surface area contributed by atoms with Gasteiger partial charge in [-0.05, 0) is 61.1 Å². The van der Waals surface area contributed by atoms with E-state index in [1.165, 1.54) is 11.1 Å². The molecular weight excluding hydrogens is 381 g/mol. The molecule has 0 aliphatic heterocycles. The number of para-hydroxylation sites is 1. The number of carbonyl (C=O) groups is 1. The molecule has 0 bridgehead atoms. The van der Waals surface area contributed by atoms with Crippen molar-refractivity contribution in [2.45, 2.75) is 37.8 Å². The standard InChI is InChI=1S/C22H27NO5.Na/c24-19(14-27-20-7-2-1-3-8-20)13-23-18-6-4-5-16-12-21(28-15-22(25)26)10-9-17(16)11-18;/h1-3,7-10,12,18-19,23-24H,4-6,11,13-15H2,(H,25,26);/q;+1/p-1/t18?,19-;/m0./s1. The topological polar surface area (TPSA) is 90.9 Å². The average Bonchev–Trinajstić information content (AvgIpc) is 2.91. The van der Waals surface area contributed by atoms with Gasteiger partial charge in [0.05, 0.1) is 5.97 Å². The van der Waals surface area contributed by atoms with Gasteiger partial charge in [0, 0.05) is 12.6 Å². The number of rotatable bonds is 9. The molecule has 0 saturated carbocycles. The van der Waals surface area contributed by atoms with Crippen LogP contribution in [0, 0.1) is 0 Å². The number of hydrogen-bond donors (Lipinski definition) is 2. The van der Waals surface area contributed by atoms with Gasteiger partial charge in [0.1, 0.15) is 30.8 Å². The van der Waals surface area contributed by atoms with E-state index in [1.54, 1.807) is 6.07 Å². The number of aryl methyl sites for hydroxylation is 1. The summed E-state index contributed by atoms with van der Waals surface area (Å²) in [5, 5.41) is 24.2. The van der Waals surface area contributed by atoms with Crippen LogP contribution < -0.4 is 49.5 Å². The fraction of sp³-hybridized carbons (Fsp3) is 0.409. The number of aliphatic carboxylic acids is 1. The summed E-state index contributed by atoms with van der Waals surface area (Å²) < 4.78 is 10.8. The largest absolute Gasteiger partial charge is 1.00 e. The first-order valence-corrected chi connectivity index (χ1v) is 9.64. The summed E-state index contributed by atoms with van der Waals surface area (Å²) in [5.41, 5.74) is 2.42. The Kier molecular flexibility index (Phi) is 9.97. The Morgan fingerprint density at radius 3 is 2.69 bits per heavy atom. The number of aliphatic hydroxyl groups is 1. The van der Waals surface area contributed by atoms with Crippen molar-refractivity contribution in [2.75, 3.05) is 19.8 Å². The minimum absolute atomic E-state index is 0. The third-order valence-electron chi connectivity index (χ3n) is 4.83. The van der Waals surface area contributed by atoms with E-state index in [1.807, 2.05) is 42.5 Å². The molecule has 0 fully saturated rings. The summed E-state index contributed by atoms with van der Waals surface area (Å²) in [4.78, 5) is 10.5. The molecule has 2 aromatic rings. The van der Waals surface area contributed by atoms with Gasteiger partial charge in [0.2, 0.25) is 0 Å². The average molecular weight is 407 g/mol. The smallest absolute Gasteiger partial charge is 0.546 e. The molecule has 7 heteroatoms. The number of nitrogens with one attached hydrogen (secondary N) is 1. The summed E-state index contributed by atoms with van der Waals surface area (Å²) in [6.45, 7) is 0.283. The summed E-state index contributed by atoms with van der Waals surface area (Å²) in [5.74, 6) is 0.0819. The van der Waals surface area contributed by atoms with Crippen molar-refractivity contribution < 1.29 is 54.0 Å². The van der Waals surface area contributed by atoms with Crippen LogP contribution in [0.2, 0.25) is 0 Å². The van der Waals surface area contributed by atoms with Gasteiger partial charge >= 0.3 is 29.6 Å². The minimum Gasteiger partial charge on any atom is -0.546 e. The Morgan fingerprint density at radius 2 is 1.93 bits per heavy atom. The molecule has 0 spiro atoms. The van der Waals surface area contributed by atoms with Crippen molar-refractivity contribution in [1.82, 2.24) is 5.32 Å². The van der Waals surface area contributed by atoms with E-state index in [4.69, 9.17) is 9.47 Å². The first-order chi connectivity index (χ1) is 13.6. The molecule has 0 amide bonds. The van der Waals surface area contributed by atoms with Crippen molar-refractivity contribution in [3.05, 3.63) is 59.7 Å². The second-order valence-corrected chi connectivity index (χ2v) is 7.07. The van der Waals surface area contributed by atoms with Gasteiger partial charge in [-0.1, -0.05) is 24.3 Å². The van der Waals surface area contributed by atoms with Crippen LogP contribution in [-0.2, 0) is 17.6 Å². The van der Waals surface area contributed by atoms with Crippen LogP contribution >= 0.6 is 0 Å². The summed E-state index contributed by atoms with van der Waals surface area (Å²) in [7, 11) is 0. The number of carbonyl (C=O) groups excluding carboxylic acids is 1. The van der Waals surface area contributed by atoms with Crippen molar-refractivity contribution in [1.29, 1.82) is 0 Å². The van der Waals surface area contributed by atoms with Crippen molar-refractivity contribution >= 4 is 5.97 Å². The van der Waals surface area contributed by atoms with E-state index < -0.39 is 18.7 Å². The third kappa shape index (κ3) is 7.99. The van der Waals surface area contributed by atoms with Gasteiger partial charge in [-0.15, -0.1) is 0 Å². The minimum atomic E-state index is -1.23. The van der Waals surface area contributed by atoms with Crippen molar-refractivity contribution in [3.8, 4) is 11.5 Å². The fourth-order valence-electron chi connectivity index (χ4n) is 3.42. The van der Waals surface area contributed by atoms with Gasteiger partial charge in [-0.2, -0.15) is 0 Å².